The quantitative estimate of drug-likeness (QED) is 0.941. The van der Waals surface area contributed by atoms with E-state index >= 15 is 0 Å². The van der Waals surface area contributed by atoms with Crippen LogP contribution >= 0.6 is 0 Å². The lowest BCUT2D eigenvalue weighted by atomic mass is 10.0. The summed E-state index contributed by atoms with van der Waals surface area (Å²) < 4.78 is 25.1. The van der Waals surface area contributed by atoms with E-state index in [4.69, 9.17) is 0 Å². The summed E-state index contributed by atoms with van der Waals surface area (Å²) in [5.74, 6) is -0.179. The largest absolute Gasteiger partial charge is 0.322 e. The van der Waals surface area contributed by atoms with Gasteiger partial charge in [0, 0.05) is 17.8 Å². The van der Waals surface area contributed by atoms with Crippen molar-refractivity contribution in [2.75, 3.05) is 22.4 Å². The number of anilines is 2. The minimum Gasteiger partial charge on any atom is -0.322 e. The number of aryl methyl sites for hydroxylation is 1. The van der Waals surface area contributed by atoms with Crippen molar-refractivity contribution in [2.24, 2.45) is 0 Å². The fraction of sp³-hybridized carbons (Fsp3) is 0.235. The minimum atomic E-state index is -3.27. The number of carbonyl (C=O) groups is 1. The summed E-state index contributed by atoms with van der Waals surface area (Å²) in [6.07, 6.45) is 2.79. The van der Waals surface area contributed by atoms with Gasteiger partial charge in [0.1, 0.15) is 0 Å². The van der Waals surface area contributed by atoms with Gasteiger partial charge in [-0.2, -0.15) is 0 Å². The van der Waals surface area contributed by atoms with Gasteiger partial charge in [0.25, 0.3) is 5.91 Å². The Balaban J connectivity index is 1.86. The van der Waals surface area contributed by atoms with E-state index in [9.17, 15) is 13.2 Å². The molecule has 6 heteroatoms. The number of nitrogens with zero attached hydrogens (tertiary/aromatic N) is 1. The molecule has 1 N–H and O–H groups in total. The molecule has 1 heterocycles. The van der Waals surface area contributed by atoms with Crippen LogP contribution in [-0.4, -0.2) is 27.1 Å². The highest BCUT2D eigenvalue weighted by Gasteiger charge is 2.24. The SMILES string of the molecule is CS(=O)(=O)N1CCCc2cc(NC(=O)c3ccccc3)ccc21. The zero-order chi connectivity index (χ0) is 16.4. The molecule has 2 aromatic carbocycles. The van der Waals surface area contributed by atoms with Gasteiger partial charge in [-0.25, -0.2) is 8.42 Å². The van der Waals surface area contributed by atoms with Crippen molar-refractivity contribution >= 4 is 27.3 Å². The first-order valence-electron chi connectivity index (χ1n) is 7.42. The molecule has 0 fully saturated rings. The maximum Gasteiger partial charge on any atom is 0.255 e. The number of fused-ring (bicyclic) bond motifs is 1. The van der Waals surface area contributed by atoms with Crippen LogP contribution in [0.25, 0.3) is 0 Å². The van der Waals surface area contributed by atoms with Gasteiger partial charge < -0.3 is 5.32 Å². The maximum atomic E-state index is 12.2. The summed E-state index contributed by atoms with van der Waals surface area (Å²) in [7, 11) is -3.27. The van der Waals surface area contributed by atoms with Gasteiger partial charge in [-0.1, -0.05) is 18.2 Å². The van der Waals surface area contributed by atoms with E-state index in [0.29, 0.717) is 23.5 Å². The summed E-state index contributed by atoms with van der Waals surface area (Å²) in [6, 6.07) is 14.3. The fourth-order valence-electron chi connectivity index (χ4n) is 2.78. The molecule has 0 aliphatic carbocycles. The summed E-state index contributed by atoms with van der Waals surface area (Å²) in [4.78, 5) is 12.2. The van der Waals surface area contributed by atoms with E-state index in [2.05, 4.69) is 5.32 Å². The third kappa shape index (κ3) is 3.37. The summed E-state index contributed by atoms with van der Waals surface area (Å²) >= 11 is 0. The molecule has 3 rings (SSSR count). The minimum absolute atomic E-state index is 0.179. The number of rotatable bonds is 3. The van der Waals surface area contributed by atoms with Crippen LogP contribution in [0.4, 0.5) is 11.4 Å². The lowest BCUT2D eigenvalue weighted by Crippen LogP contribution is -2.34. The maximum absolute atomic E-state index is 12.2. The van der Waals surface area contributed by atoms with Crippen molar-refractivity contribution in [1.82, 2.24) is 0 Å². The number of amides is 1. The molecular weight excluding hydrogens is 312 g/mol. The standard InChI is InChI=1S/C17H18N2O3S/c1-23(21,22)19-11-5-8-14-12-15(9-10-16(14)19)18-17(20)13-6-3-2-4-7-13/h2-4,6-7,9-10,12H,5,8,11H2,1H3,(H,18,20). The molecule has 2 aromatic rings. The topological polar surface area (TPSA) is 66.5 Å². The van der Waals surface area contributed by atoms with Crippen molar-refractivity contribution in [1.29, 1.82) is 0 Å². The predicted molar refractivity (Wildman–Crippen MR) is 91.3 cm³/mol. The number of benzene rings is 2. The van der Waals surface area contributed by atoms with E-state index in [0.717, 1.165) is 18.4 Å². The van der Waals surface area contributed by atoms with E-state index in [1.54, 1.807) is 24.3 Å². The van der Waals surface area contributed by atoms with Crippen LogP contribution < -0.4 is 9.62 Å². The number of nitrogens with one attached hydrogen (secondary N) is 1. The number of hydrogen-bond donors (Lipinski definition) is 1. The normalized spacial score (nSPS) is 14.2. The van der Waals surface area contributed by atoms with Crippen LogP contribution in [0.5, 0.6) is 0 Å². The molecule has 5 nitrogen and oxygen atoms in total. The first kappa shape index (κ1) is 15.6. The highest BCUT2D eigenvalue weighted by molar-refractivity contribution is 7.92. The summed E-state index contributed by atoms with van der Waals surface area (Å²) in [6.45, 7) is 0.502. The van der Waals surface area contributed by atoms with Gasteiger partial charge in [0.05, 0.1) is 11.9 Å². The van der Waals surface area contributed by atoms with Gasteiger partial charge >= 0.3 is 0 Å². The van der Waals surface area contributed by atoms with Crippen molar-refractivity contribution in [3.8, 4) is 0 Å². The second kappa shape index (κ2) is 6.04. The zero-order valence-corrected chi connectivity index (χ0v) is 13.6. The average molecular weight is 330 g/mol. The predicted octanol–water partition coefficient (Wildman–Crippen LogP) is 2.65. The molecule has 0 spiro atoms. The Morgan fingerprint density at radius 2 is 1.87 bits per heavy atom. The van der Waals surface area contributed by atoms with Crippen LogP contribution in [0.15, 0.2) is 48.5 Å². The van der Waals surface area contributed by atoms with Crippen LogP contribution in [0.2, 0.25) is 0 Å². The average Bonchev–Trinajstić information content (AvgIpc) is 2.54. The van der Waals surface area contributed by atoms with Crippen LogP contribution in [0, 0.1) is 0 Å². The molecule has 0 bridgehead atoms. The summed E-state index contributed by atoms with van der Waals surface area (Å²) in [5, 5.41) is 2.86. The van der Waals surface area contributed by atoms with Crippen molar-refractivity contribution in [3.05, 3.63) is 59.7 Å². The fourth-order valence-corrected chi connectivity index (χ4v) is 3.77. The van der Waals surface area contributed by atoms with Crippen molar-refractivity contribution in [2.45, 2.75) is 12.8 Å². The van der Waals surface area contributed by atoms with E-state index in [1.807, 2.05) is 24.3 Å². The van der Waals surface area contributed by atoms with Gasteiger partial charge in [-0.15, -0.1) is 0 Å². The molecule has 1 amide bonds. The lowest BCUT2D eigenvalue weighted by molar-refractivity contribution is 0.102. The third-order valence-corrected chi connectivity index (χ3v) is 5.03. The van der Waals surface area contributed by atoms with Crippen LogP contribution in [0.1, 0.15) is 22.3 Å². The third-order valence-electron chi connectivity index (χ3n) is 3.85. The second-order valence-corrected chi connectivity index (χ2v) is 7.51. The lowest BCUT2D eigenvalue weighted by Gasteiger charge is -2.29. The molecule has 0 atom stereocenters. The molecule has 0 saturated heterocycles. The Labute approximate surface area is 136 Å². The molecule has 0 aromatic heterocycles. The Morgan fingerprint density at radius 1 is 1.13 bits per heavy atom. The van der Waals surface area contributed by atoms with Gasteiger partial charge in [-0.3, -0.25) is 9.10 Å². The number of hydrogen-bond acceptors (Lipinski definition) is 3. The van der Waals surface area contributed by atoms with Crippen molar-refractivity contribution < 1.29 is 13.2 Å². The summed E-state index contributed by atoms with van der Waals surface area (Å²) in [5.41, 5.74) is 2.90. The van der Waals surface area contributed by atoms with E-state index in [1.165, 1.54) is 10.6 Å². The Hall–Kier alpha value is -2.34. The molecule has 0 saturated carbocycles. The smallest absolute Gasteiger partial charge is 0.255 e. The monoisotopic (exact) mass is 330 g/mol. The van der Waals surface area contributed by atoms with Crippen molar-refractivity contribution in [3.63, 3.8) is 0 Å². The van der Waals surface area contributed by atoms with Crippen LogP contribution in [0.3, 0.4) is 0 Å². The zero-order valence-electron chi connectivity index (χ0n) is 12.8. The number of carbonyl (C=O) groups excluding carboxylic acids is 1. The first-order chi connectivity index (χ1) is 10.9. The molecule has 0 unspecified atom stereocenters. The highest BCUT2D eigenvalue weighted by Crippen LogP contribution is 2.31. The van der Waals surface area contributed by atoms with Gasteiger partial charge in [-0.05, 0) is 48.7 Å². The molecule has 0 radical (unpaired) electrons. The Morgan fingerprint density at radius 3 is 2.57 bits per heavy atom. The molecule has 120 valence electrons. The second-order valence-electron chi connectivity index (χ2n) is 5.60. The van der Waals surface area contributed by atoms with E-state index in [-0.39, 0.29) is 5.91 Å². The van der Waals surface area contributed by atoms with Gasteiger partial charge in [0.2, 0.25) is 10.0 Å². The Kier molecular flexibility index (Phi) is 4.09. The highest BCUT2D eigenvalue weighted by atomic mass is 32.2. The molecule has 1 aliphatic heterocycles. The molecule has 1 aliphatic rings. The molecule has 23 heavy (non-hydrogen) atoms. The van der Waals surface area contributed by atoms with E-state index < -0.39 is 10.0 Å². The van der Waals surface area contributed by atoms with Crippen LogP contribution in [-0.2, 0) is 16.4 Å². The Bertz CT molecular complexity index is 832. The first-order valence-corrected chi connectivity index (χ1v) is 9.27. The van der Waals surface area contributed by atoms with Gasteiger partial charge in [0.15, 0.2) is 0 Å². The molecular formula is C17H18N2O3S. The number of sulfonamides is 1.